The molecule has 0 spiro atoms. The van der Waals surface area contributed by atoms with Gasteiger partial charge in [-0.15, -0.1) is 0 Å². The Morgan fingerprint density at radius 3 is 2.75 bits per heavy atom. The summed E-state index contributed by atoms with van der Waals surface area (Å²) >= 11 is 0. The molecule has 2 aromatic rings. The number of carbonyl (C=O) groups is 1. The molecular weight excluding hydrogens is 252 g/mol. The molecule has 0 atom stereocenters. The first-order valence-corrected chi connectivity index (χ1v) is 6.65. The van der Waals surface area contributed by atoms with Gasteiger partial charge in [-0.2, -0.15) is 5.10 Å². The van der Waals surface area contributed by atoms with Gasteiger partial charge in [0, 0.05) is 26.3 Å². The molecule has 0 bridgehead atoms. The molecule has 0 aliphatic carbocycles. The maximum absolute atomic E-state index is 12.5. The van der Waals surface area contributed by atoms with Crippen LogP contribution in [0.1, 0.15) is 28.5 Å². The number of aromatic nitrogens is 2. The predicted octanol–water partition coefficient (Wildman–Crippen LogP) is 1.97. The zero-order valence-corrected chi connectivity index (χ0v) is 12.1. The summed E-state index contributed by atoms with van der Waals surface area (Å²) in [4.78, 5) is 14.2. The Bertz CT molecular complexity index is 618. The van der Waals surface area contributed by atoms with E-state index in [9.17, 15) is 4.79 Å². The highest BCUT2D eigenvalue weighted by Gasteiger charge is 2.20. The van der Waals surface area contributed by atoms with Crippen LogP contribution in [-0.4, -0.2) is 27.1 Å². The Kier molecular flexibility index (Phi) is 4.08. The van der Waals surface area contributed by atoms with Gasteiger partial charge in [0.25, 0.3) is 5.91 Å². The molecule has 106 valence electrons. The van der Waals surface area contributed by atoms with Crippen LogP contribution in [-0.2, 0) is 13.6 Å². The van der Waals surface area contributed by atoms with Crippen LogP contribution in [0.4, 0.5) is 5.69 Å². The van der Waals surface area contributed by atoms with E-state index >= 15 is 0 Å². The van der Waals surface area contributed by atoms with Crippen LogP contribution in [0.25, 0.3) is 0 Å². The minimum atomic E-state index is -0.132. The van der Waals surface area contributed by atoms with Crippen LogP contribution >= 0.6 is 0 Å². The largest absolute Gasteiger partial charge is 0.396 e. The zero-order chi connectivity index (χ0) is 14.7. The van der Waals surface area contributed by atoms with Crippen LogP contribution in [0, 0.1) is 6.92 Å². The summed E-state index contributed by atoms with van der Waals surface area (Å²) in [6.07, 6.45) is 1.65. The lowest BCUT2D eigenvalue weighted by Gasteiger charge is -2.20. The summed E-state index contributed by atoms with van der Waals surface area (Å²) in [7, 11) is 1.75. The lowest BCUT2D eigenvalue weighted by Crippen LogP contribution is -2.31. The molecule has 0 fully saturated rings. The van der Waals surface area contributed by atoms with Gasteiger partial charge in [0.15, 0.2) is 5.69 Å². The van der Waals surface area contributed by atoms with E-state index in [1.165, 1.54) is 5.56 Å². The summed E-state index contributed by atoms with van der Waals surface area (Å²) in [6, 6.07) is 8.14. The minimum Gasteiger partial charge on any atom is -0.396 e. The molecular formula is C15H20N4O. The number of nitrogen functional groups attached to an aromatic ring is 1. The van der Waals surface area contributed by atoms with Gasteiger partial charge < -0.3 is 10.6 Å². The van der Waals surface area contributed by atoms with Crippen LogP contribution in [0.3, 0.4) is 0 Å². The Morgan fingerprint density at radius 1 is 1.45 bits per heavy atom. The smallest absolute Gasteiger partial charge is 0.276 e. The first-order valence-electron chi connectivity index (χ1n) is 6.65. The topological polar surface area (TPSA) is 64.2 Å². The number of aryl methyl sites for hydroxylation is 2. The second-order valence-corrected chi connectivity index (χ2v) is 4.92. The number of nitrogens with zero attached hydrogens (tertiary/aromatic N) is 3. The van der Waals surface area contributed by atoms with Crippen molar-refractivity contribution in [2.75, 3.05) is 12.3 Å². The number of hydrogen-bond acceptors (Lipinski definition) is 3. The lowest BCUT2D eigenvalue weighted by molar-refractivity contribution is 0.0747. The van der Waals surface area contributed by atoms with Gasteiger partial charge >= 0.3 is 0 Å². The van der Waals surface area contributed by atoms with Crippen molar-refractivity contribution in [1.29, 1.82) is 0 Å². The van der Waals surface area contributed by atoms with E-state index in [2.05, 4.69) is 11.2 Å². The molecule has 5 heteroatoms. The van der Waals surface area contributed by atoms with Crippen molar-refractivity contribution in [3.63, 3.8) is 0 Å². The second kappa shape index (κ2) is 5.77. The van der Waals surface area contributed by atoms with Gasteiger partial charge in [-0.25, -0.2) is 0 Å². The summed E-state index contributed by atoms with van der Waals surface area (Å²) < 4.78 is 1.56. The number of amides is 1. The van der Waals surface area contributed by atoms with Gasteiger partial charge in [-0.1, -0.05) is 29.8 Å². The van der Waals surface area contributed by atoms with E-state index in [0.717, 1.165) is 5.56 Å². The van der Waals surface area contributed by atoms with E-state index in [4.69, 9.17) is 5.73 Å². The summed E-state index contributed by atoms with van der Waals surface area (Å²) in [6.45, 7) is 5.17. The SMILES string of the molecule is CCN(Cc1cccc(C)c1)C(=O)c1nn(C)cc1N. The predicted molar refractivity (Wildman–Crippen MR) is 79.2 cm³/mol. The van der Waals surface area contributed by atoms with Gasteiger partial charge in [-0.05, 0) is 19.4 Å². The van der Waals surface area contributed by atoms with E-state index in [0.29, 0.717) is 24.5 Å². The van der Waals surface area contributed by atoms with Crippen molar-refractivity contribution in [2.24, 2.45) is 7.05 Å². The average Bonchev–Trinajstić information content (AvgIpc) is 2.74. The van der Waals surface area contributed by atoms with Crippen LogP contribution in [0.2, 0.25) is 0 Å². The molecule has 5 nitrogen and oxygen atoms in total. The number of hydrogen-bond donors (Lipinski definition) is 1. The fourth-order valence-corrected chi connectivity index (χ4v) is 2.18. The third-order valence-electron chi connectivity index (χ3n) is 3.18. The van der Waals surface area contributed by atoms with Gasteiger partial charge in [-0.3, -0.25) is 9.48 Å². The molecule has 1 amide bonds. The Hall–Kier alpha value is -2.30. The summed E-state index contributed by atoms with van der Waals surface area (Å²) in [5.74, 6) is -0.132. The normalized spacial score (nSPS) is 10.6. The van der Waals surface area contributed by atoms with E-state index in [-0.39, 0.29) is 5.91 Å². The molecule has 0 radical (unpaired) electrons. The standard InChI is InChI=1S/C15H20N4O/c1-4-19(9-12-7-5-6-11(2)8-12)15(20)14-13(16)10-18(3)17-14/h5-8,10H,4,9,16H2,1-3H3. The Labute approximate surface area is 119 Å². The van der Waals surface area contributed by atoms with Crippen LogP contribution in [0.15, 0.2) is 30.5 Å². The molecule has 20 heavy (non-hydrogen) atoms. The van der Waals surface area contributed by atoms with E-state index in [1.54, 1.807) is 22.8 Å². The quantitative estimate of drug-likeness (QED) is 0.925. The number of rotatable bonds is 4. The molecule has 0 aliphatic rings. The fourth-order valence-electron chi connectivity index (χ4n) is 2.18. The third-order valence-corrected chi connectivity index (χ3v) is 3.18. The van der Waals surface area contributed by atoms with Crippen LogP contribution < -0.4 is 5.73 Å². The van der Waals surface area contributed by atoms with Crippen LogP contribution in [0.5, 0.6) is 0 Å². The van der Waals surface area contributed by atoms with Gasteiger partial charge in [0.1, 0.15) is 0 Å². The number of benzene rings is 1. The monoisotopic (exact) mass is 272 g/mol. The summed E-state index contributed by atoms with van der Waals surface area (Å²) in [5.41, 5.74) is 8.85. The maximum atomic E-state index is 12.5. The number of anilines is 1. The van der Waals surface area contributed by atoms with E-state index in [1.807, 2.05) is 32.0 Å². The molecule has 0 saturated carbocycles. The average molecular weight is 272 g/mol. The van der Waals surface area contributed by atoms with Gasteiger partial charge in [0.05, 0.1) is 5.69 Å². The zero-order valence-electron chi connectivity index (χ0n) is 12.1. The number of nitrogens with two attached hydrogens (primary N) is 1. The van der Waals surface area contributed by atoms with E-state index < -0.39 is 0 Å². The van der Waals surface area contributed by atoms with Crippen molar-refractivity contribution in [1.82, 2.24) is 14.7 Å². The highest BCUT2D eigenvalue weighted by Crippen LogP contribution is 2.14. The molecule has 0 unspecified atom stereocenters. The molecule has 1 aromatic carbocycles. The molecule has 0 saturated heterocycles. The maximum Gasteiger partial charge on any atom is 0.276 e. The molecule has 1 heterocycles. The molecule has 2 N–H and O–H groups in total. The van der Waals surface area contributed by atoms with Crippen molar-refractivity contribution in [2.45, 2.75) is 20.4 Å². The number of carbonyl (C=O) groups excluding carboxylic acids is 1. The van der Waals surface area contributed by atoms with Crippen molar-refractivity contribution < 1.29 is 4.79 Å². The third kappa shape index (κ3) is 2.99. The Balaban J connectivity index is 2.20. The lowest BCUT2D eigenvalue weighted by atomic mass is 10.1. The first kappa shape index (κ1) is 14.1. The summed E-state index contributed by atoms with van der Waals surface area (Å²) in [5, 5.41) is 4.14. The van der Waals surface area contributed by atoms with Crippen molar-refractivity contribution in [3.8, 4) is 0 Å². The fraction of sp³-hybridized carbons (Fsp3) is 0.333. The highest BCUT2D eigenvalue weighted by atomic mass is 16.2. The molecule has 0 aliphatic heterocycles. The van der Waals surface area contributed by atoms with Crippen molar-refractivity contribution >= 4 is 11.6 Å². The van der Waals surface area contributed by atoms with Crippen molar-refractivity contribution in [3.05, 3.63) is 47.3 Å². The minimum absolute atomic E-state index is 0.132. The van der Waals surface area contributed by atoms with Gasteiger partial charge in [0.2, 0.25) is 0 Å². The molecule has 2 rings (SSSR count). The first-order chi connectivity index (χ1) is 9.51. The second-order valence-electron chi connectivity index (χ2n) is 4.92. The molecule has 1 aromatic heterocycles. The Morgan fingerprint density at radius 2 is 2.20 bits per heavy atom. The highest BCUT2D eigenvalue weighted by molar-refractivity contribution is 5.97.